The van der Waals surface area contributed by atoms with Gasteiger partial charge < -0.3 is 10.4 Å². The van der Waals surface area contributed by atoms with Gasteiger partial charge in [-0.1, -0.05) is 32.0 Å². The molecule has 2 rings (SSSR count). The van der Waals surface area contributed by atoms with E-state index in [9.17, 15) is 9.59 Å². The molecule has 6 nitrogen and oxygen atoms in total. The maximum absolute atomic E-state index is 11.9. The second kappa shape index (κ2) is 6.39. The van der Waals surface area contributed by atoms with Crippen molar-refractivity contribution in [3.8, 4) is 0 Å². The van der Waals surface area contributed by atoms with Gasteiger partial charge in [0, 0.05) is 11.9 Å². The molecule has 0 saturated heterocycles. The van der Waals surface area contributed by atoms with Gasteiger partial charge in [-0.25, -0.2) is 4.79 Å². The van der Waals surface area contributed by atoms with Crippen LogP contribution in [0.2, 0.25) is 0 Å². The van der Waals surface area contributed by atoms with Gasteiger partial charge in [0.25, 0.3) is 0 Å². The van der Waals surface area contributed by atoms with E-state index in [0.717, 1.165) is 6.42 Å². The van der Waals surface area contributed by atoms with Crippen LogP contribution in [-0.2, 0) is 11.3 Å². The molecule has 1 amide bonds. The van der Waals surface area contributed by atoms with E-state index in [1.807, 2.05) is 0 Å². The molecule has 1 aromatic heterocycles. The van der Waals surface area contributed by atoms with Crippen LogP contribution in [0.4, 0.5) is 0 Å². The van der Waals surface area contributed by atoms with Gasteiger partial charge in [0.15, 0.2) is 5.69 Å². The van der Waals surface area contributed by atoms with Gasteiger partial charge in [0.05, 0.1) is 5.52 Å². The Labute approximate surface area is 122 Å². The molecule has 0 saturated carbocycles. The number of carboxylic acid groups (broad SMARTS) is 1. The molecule has 0 radical (unpaired) electrons. The van der Waals surface area contributed by atoms with Crippen molar-refractivity contribution in [3.63, 3.8) is 0 Å². The molecule has 21 heavy (non-hydrogen) atoms. The minimum atomic E-state index is -1.09. The van der Waals surface area contributed by atoms with Gasteiger partial charge in [-0.3, -0.25) is 9.48 Å². The summed E-state index contributed by atoms with van der Waals surface area (Å²) in [6.45, 7) is 4.81. The molecular weight excluding hydrogens is 270 g/mol. The Morgan fingerprint density at radius 2 is 2.05 bits per heavy atom. The highest BCUT2D eigenvalue weighted by Crippen LogP contribution is 2.18. The maximum atomic E-state index is 11.9. The van der Waals surface area contributed by atoms with E-state index in [-0.39, 0.29) is 18.1 Å². The summed E-state index contributed by atoms with van der Waals surface area (Å²) in [5, 5.41) is 16.5. The fourth-order valence-corrected chi connectivity index (χ4v) is 2.10. The van der Waals surface area contributed by atoms with Crippen LogP contribution in [0.1, 0.15) is 30.8 Å². The fraction of sp³-hybridized carbons (Fsp3) is 0.400. The molecule has 112 valence electrons. The molecule has 0 spiro atoms. The Hall–Kier alpha value is -2.37. The van der Waals surface area contributed by atoms with Gasteiger partial charge in [-0.05, 0) is 18.4 Å². The van der Waals surface area contributed by atoms with Crippen LogP contribution < -0.4 is 5.32 Å². The fourth-order valence-electron chi connectivity index (χ4n) is 2.10. The van der Waals surface area contributed by atoms with Crippen molar-refractivity contribution in [2.45, 2.75) is 26.8 Å². The zero-order chi connectivity index (χ0) is 15.4. The van der Waals surface area contributed by atoms with Gasteiger partial charge in [-0.15, -0.1) is 0 Å². The van der Waals surface area contributed by atoms with Crippen LogP contribution in [0.3, 0.4) is 0 Å². The van der Waals surface area contributed by atoms with Crippen molar-refractivity contribution < 1.29 is 14.7 Å². The molecule has 0 atom stereocenters. The second-order valence-electron chi connectivity index (χ2n) is 5.36. The lowest BCUT2D eigenvalue weighted by molar-refractivity contribution is -0.121. The van der Waals surface area contributed by atoms with Gasteiger partial charge in [0.1, 0.15) is 6.54 Å². The molecule has 0 aliphatic rings. The number of fused-ring (bicyclic) bond motifs is 1. The number of aromatic carboxylic acids is 1. The van der Waals surface area contributed by atoms with E-state index in [0.29, 0.717) is 23.4 Å². The number of hydrogen-bond acceptors (Lipinski definition) is 3. The molecule has 1 heterocycles. The Morgan fingerprint density at radius 3 is 2.71 bits per heavy atom. The van der Waals surface area contributed by atoms with E-state index in [1.54, 1.807) is 24.3 Å². The molecule has 0 aliphatic heterocycles. The van der Waals surface area contributed by atoms with Gasteiger partial charge >= 0.3 is 5.97 Å². The van der Waals surface area contributed by atoms with E-state index < -0.39 is 5.97 Å². The summed E-state index contributed by atoms with van der Waals surface area (Å²) in [6.07, 6.45) is 0.909. The summed E-state index contributed by atoms with van der Waals surface area (Å²) in [5.41, 5.74) is 0.620. The average molecular weight is 289 g/mol. The summed E-state index contributed by atoms with van der Waals surface area (Å²) in [4.78, 5) is 23.1. The number of nitrogens with one attached hydrogen (secondary N) is 1. The van der Waals surface area contributed by atoms with E-state index >= 15 is 0 Å². The number of carbonyl (C=O) groups excluding carboxylic acids is 1. The Balaban J connectivity index is 2.15. The highest BCUT2D eigenvalue weighted by molar-refractivity contribution is 6.01. The van der Waals surface area contributed by atoms with Crippen molar-refractivity contribution in [2.75, 3.05) is 6.54 Å². The first-order valence-corrected chi connectivity index (χ1v) is 6.94. The normalized spacial score (nSPS) is 11.0. The third kappa shape index (κ3) is 3.59. The number of amides is 1. The maximum Gasteiger partial charge on any atom is 0.357 e. The molecule has 2 N–H and O–H groups in total. The molecule has 0 fully saturated rings. The SMILES string of the molecule is CC(C)CCNC(=O)Cn1nc(C(=O)O)c2ccccc21. The Morgan fingerprint density at radius 1 is 1.33 bits per heavy atom. The van der Waals surface area contributed by atoms with Crippen molar-refractivity contribution in [3.05, 3.63) is 30.0 Å². The molecular formula is C15H19N3O3. The molecule has 2 aromatic rings. The summed E-state index contributed by atoms with van der Waals surface area (Å²) in [5.74, 6) is -0.736. The van der Waals surface area contributed by atoms with Crippen LogP contribution in [0.25, 0.3) is 10.9 Å². The number of nitrogens with zero attached hydrogens (tertiary/aromatic N) is 2. The molecule has 0 aliphatic carbocycles. The minimum absolute atomic E-state index is 0.0197. The largest absolute Gasteiger partial charge is 0.476 e. The van der Waals surface area contributed by atoms with E-state index in [2.05, 4.69) is 24.3 Å². The first-order valence-electron chi connectivity index (χ1n) is 6.94. The van der Waals surface area contributed by atoms with Crippen molar-refractivity contribution >= 4 is 22.8 Å². The number of benzene rings is 1. The number of hydrogen-bond donors (Lipinski definition) is 2. The molecule has 0 bridgehead atoms. The minimum Gasteiger partial charge on any atom is -0.476 e. The smallest absolute Gasteiger partial charge is 0.357 e. The summed E-state index contributed by atoms with van der Waals surface area (Å²) >= 11 is 0. The number of aromatic nitrogens is 2. The molecule has 1 aromatic carbocycles. The summed E-state index contributed by atoms with van der Waals surface area (Å²) < 4.78 is 1.43. The number of carboxylic acids is 1. The topological polar surface area (TPSA) is 84.2 Å². The highest BCUT2D eigenvalue weighted by atomic mass is 16.4. The zero-order valence-corrected chi connectivity index (χ0v) is 12.2. The van der Waals surface area contributed by atoms with Crippen LogP contribution >= 0.6 is 0 Å². The third-order valence-electron chi connectivity index (χ3n) is 3.20. The van der Waals surface area contributed by atoms with Gasteiger partial charge in [0.2, 0.25) is 5.91 Å². The van der Waals surface area contributed by atoms with Crippen molar-refractivity contribution in [1.82, 2.24) is 15.1 Å². The first kappa shape index (κ1) is 15.0. The van der Waals surface area contributed by atoms with Crippen molar-refractivity contribution in [1.29, 1.82) is 0 Å². The van der Waals surface area contributed by atoms with Crippen LogP contribution in [0, 0.1) is 5.92 Å². The monoisotopic (exact) mass is 289 g/mol. The Bertz CT molecular complexity index is 661. The molecule has 0 unspecified atom stereocenters. The lowest BCUT2D eigenvalue weighted by Gasteiger charge is -2.07. The van der Waals surface area contributed by atoms with E-state index in [4.69, 9.17) is 5.11 Å². The van der Waals surface area contributed by atoms with Crippen molar-refractivity contribution in [2.24, 2.45) is 5.92 Å². The number of rotatable bonds is 6. The zero-order valence-electron chi connectivity index (χ0n) is 12.2. The summed E-state index contributed by atoms with van der Waals surface area (Å²) in [7, 11) is 0. The number of para-hydroxylation sites is 1. The average Bonchev–Trinajstić information content (AvgIpc) is 2.78. The predicted octanol–water partition coefficient (Wildman–Crippen LogP) is 1.90. The Kier molecular flexibility index (Phi) is 4.57. The second-order valence-corrected chi connectivity index (χ2v) is 5.36. The first-order chi connectivity index (χ1) is 9.99. The quantitative estimate of drug-likeness (QED) is 0.850. The van der Waals surface area contributed by atoms with Crippen LogP contribution in [0.15, 0.2) is 24.3 Å². The summed E-state index contributed by atoms with van der Waals surface area (Å²) in [6, 6.07) is 7.00. The third-order valence-corrected chi connectivity index (χ3v) is 3.20. The lowest BCUT2D eigenvalue weighted by Crippen LogP contribution is -2.29. The van der Waals surface area contributed by atoms with Crippen LogP contribution in [-0.4, -0.2) is 33.3 Å². The highest BCUT2D eigenvalue weighted by Gasteiger charge is 2.17. The lowest BCUT2D eigenvalue weighted by atomic mass is 10.1. The van der Waals surface area contributed by atoms with Crippen LogP contribution in [0.5, 0.6) is 0 Å². The predicted molar refractivity (Wildman–Crippen MR) is 79.2 cm³/mol. The molecule has 6 heteroatoms. The standard InChI is InChI=1S/C15H19N3O3/c1-10(2)7-8-16-13(19)9-18-12-6-4-3-5-11(12)14(17-18)15(20)21/h3-6,10H,7-9H2,1-2H3,(H,16,19)(H,20,21). The number of carbonyl (C=O) groups is 2. The van der Waals surface area contributed by atoms with E-state index in [1.165, 1.54) is 4.68 Å². The van der Waals surface area contributed by atoms with Gasteiger partial charge in [-0.2, -0.15) is 5.10 Å².